The number of aryl methyl sites for hydroxylation is 3. The molecule has 33 heavy (non-hydrogen) atoms. The molecule has 1 aromatic heterocycles. The van der Waals surface area contributed by atoms with Crippen LogP contribution >= 0.6 is 0 Å². The number of halogens is 1. The molecule has 0 aliphatic carbocycles. The Kier molecular flexibility index (Phi) is 6.38. The number of nitrogens with zero attached hydrogens (tertiary/aromatic N) is 3. The van der Waals surface area contributed by atoms with E-state index in [0.717, 1.165) is 28.1 Å². The van der Waals surface area contributed by atoms with Crippen LogP contribution in [0.3, 0.4) is 0 Å². The predicted molar refractivity (Wildman–Crippen MR) is 127 cm³/mol. The summed E-state index contributed by atoms with van der Waals surface area (Å²) in [6.45, 7) is 4.16. The summed E-state index contributed by atoms with van der Waals surface area (Å²) < 4.78 is 40.6. The number of hydrogen-bond donors (Lipinski definition) is 0. The Labute approximate surface area is 194 Å². The number of benzene rings is 2. The van der Waals surface area contributed by atoms with E-state index in [0.29, 0.717) is 24.9 Å². The largest absolute Gasteiger partial charge is 0.304 e. The van der Waals surface area contributed by atoms with Crippen molar-refractivity contribution in [3.8, 4) is 0 Å². The molecule has 174 valence electrons. The summed E-state index contributed by atoms with van der Waals surface area (Å²) in [5.74, 6) is -0.877. The van der Waals surface area contributed by atoms with Crippen molar-refractivity contribution >= 4 is 21.4 Å². The van der Waals surface area contributed by atoms with Crippen molar-refractivity contribution < 1.29 is 17.6 Å². The molecule has 1 aliphatic rings. The molecule has 8 heteroatoms. The molecule has 3 aromatic rings. The standard InChI is InChI=1S/C25H28FN3O3S/c1-4-10-33(31,32)11-9-18-6-7-19(13-22(18)26)25(30)29-16-21-15-27-28(3)24(21)14-20-12-17(2)5-8-23(20)29/h5-8,12-13,15H,4,9-11,14,16H2,1-3H3. The van der Waals surface area contributed by atoms with Gasteiger partial charge in [-0.05, 0) is 49.1 Å². The third kappa shape index (κ3) is 4.85. The number of sulfone groups is 1. The molecule has 2 heterocycles. The molecule has 0 saturated heterocycles. The van der Waals surface area contributed by atoms with Crippen molar-refractivity contribution in [1.82, 2.24) is 9.78 Å². The Morgan fingerprint density at radius 1 is 1.12 bits per heavy atom. The van der Waals surface area contributed by atoms with E-state index in [9.17, 15) is 17.6 Å². The lowest BCUT2D eigenvalue weighted by molar-refractivity contribution is 0.0984. The molecule has 0 N–H and O–H groups in total. The molecule has 0 bridgehead atoms. The van der Waals surface area contributed by atoms with Gasteiger partial charge in [-0.2, -0.15) is 5.10 Å². The average Bonchev–Trinajstić information content (AvgIpc) is 3.01. The van der Waals surface area contributed by atoms with Crippen LogP contribution in [0.25, 0.3) is 0 Å². The zero-order chi connectivity index (χ0) is 23.8. The summed E-state index contributed by atoms with van der Waals surface area (Å²) >= 11 is 0. The van der Waals surface area contributed by atoms with Crippen molar-refractivity contribution in [2.24, 2.45) is 7.05 Å². The van der Waals surface area contributed by atoms with Gasteiger partial charge in [0.1, 0.15) is 5.82 Å². The lowest BCUT2D eigenvalue weighted by atomic mass is 10.0. The van der Waals surface area contributed by atoms with E-state index in [1.165, 1.54) is 12.1 Å². The minimum absolute atomic E-state index is 0.0908. The molecule has 6 nitrogen and oxygen atoms in total. The second kappa shape index (κ2) is 9.09. The minimum atomic E-state index is -3.21. The van der Waals surface area contributed by atoms with Gasteiger partial charge in [0.25, 0.3) is 5.91 Å². The van der Waals surface area contributed by atoms with Gasteiger partial charge in [0.15, 0.2) is 9.84 Å². The maximum atomic E-state index is 14.8. The monoisotopic (exact) mass is 469 g/mol. The highest BCUT2D eigenvalue weighted by Gasteiger charge is 2.27. The van der Waals surface area contributed by atoms with E-state index >= 15 is 0 Å². The Morgan fingerprint density at radius 3 is 2.64 bits per heavy atom. The summed E-state index contributed by atoms with van der Waals surface area (Å²) in [7, 11) is -1.32. The highest BCUT2D eigenvalue weighted by molar-refractivity contribution is 7.91. The minimum Gasteiger partial charge on any atom is -0.304 e. The maximum Gasteiger partial charge on any atom is 0.258 e. The van der Waals surface area contributed by atoms with Gasteiger partial charge >= 0.3 is 0 Å². The van der Waals surface area contributed by atoms with Gasteiger partial charge in [-0.25, -0.2) is 12.8 Å². The van der Waals surface area contributed by atoms with Crippen molar-refractivity contribution in [3.63, 3.8) is 0 Å². The number of carbonyl (C=O) groups excluding carboxylic acids is 1. The van der Waals surface area contributed by atoms with Crippen LogP contribution in [0.5, 0.6) is 0 Å². The Balaban J connectivity index is 1.64. The molecule has 0 saturated carbocycles. The van der Waals surface area contributed by atoms with Crippen LogP contribution in [0, 0.1) is 12.7 Å². The first kappa shape index (κ1) is 23.2. The molecular formula is C25H28FN3O3S. The molecule has 0 atom stereocenters. The highest BCUT2D eigenvalue weighted by atomic mass is 32.2. The van der Waals surface area contributed by atoms with E-state index in [1.54, 1.807) is 24.1 Å². The van der Waals surface area contributed by atoms with Crippen LogP contribution in [0.2, 0.25) is 0 Å². The number of amides is 1. The number of anilines is 1. The Hall–Kier alpha value is -3.00. The molecule has 0 radical (unpaired) electrons. The van der Waals surface area contributed by atoms with Gasteiger partial charge in [0.2, 0.25) is 0 Å². The first-order valence-electron chi connectivity index (χ1n) is 11.1. The number of fused-ring (bicyclic) bond motifs is 2. The van der Waals surface area contributed by atoms with Crippen LogP contribution in [0.15, 0.2) is 42.6 Å². The summed E-state index contributed by atoms with van der Waals surface area (Å²) in [5.41, 5.74) is 5.45. The maximum absolute atomic E-state index is 14.8. The summed E-state index contributed by atoms with van der Waals surface area (Å²) in [6, 6.07) is 10.3. The first-order chi connectivity index (χ1) is 15.7. The van der Waals surface area contributed by atoms with Crippen molar-refractivity contribution in [2.45, 2.75) is 39.7 Å². The fourth-order valence-electron chi connectivity index (χ4n) is 4.32. The Bertz CT molecular complexity index is 1310. The number of hydrogen-bond acceptors (Lipinski definition) is 4. The molecule has 1 aliphatic heterocycles. The molecule has 0 fully saturated rings. The SMILES string of the molecule is CCCS(=O)(=O)CCc1ccc(C(=O)N2Cc3cnn(C)c3Cc3cc(C)ccc32)cc1F. The highest BCUT2D eigenvalue weighted by Crippen LogP contribution is 2.32. The molecule has 0 unspecified atom stereocenters. The predicted octanol–water partition coefficient (Wildman–Crippen LogP) is 3.99. The van der Waals surface area contributed by atoms with Gasteiger partial charge in [0, 0.05) is 41.7 Å². The van der Waals surface area contributed by atoms with Crippen LogP contribution in [-0.2, 0) is 36.3 Å². The molecule has 1 amide bonds. The number of aromatic nitrogens is 2. The summed E-state index contributed by atoms with van der Waals surface area (Å²) in [4.78, 5) is 15.2. The summed E-state index contributed by atoms with van der Waals surface area (Å²) in [5, 5.41) is 4.35. The average molecular weight is 470 g/mol. The second-order valence-electron chi connectivity index (χ2n) is 8.65. The second-order valence-corrected chi connectivity index (χ2v) is 11.0. The van der Waals surface area contributed by atoms with Gasteiger partial charge in [-0.3, -0.25) is 9.48 Å². The zero-order valence-electron chi connectivity index (χ0n) is 19.1. The zero-order valence-corrected chi connectivity index (χ0v) is 20.0. The molecule has 0 spiro atoms. The van der Waals surface area contributed by atoms with E-state index in [-0.39, 0.29) is 29.4 Å². The number of rotatable bonds is 6. The third-order valence-electron chi connectivity index (χ3n) is 6.10. The Morgan fingerprint density at radius 2 is 1.91 bits per heavy atom. The van der Waals surface area contributed by atoms with Crippen LogP contribution in [0.4, 0.5) is 10.1 Å². The summed E-state index contributed by atoms with van der Waals surface area (Å²) in [6.07, 6.45) is 3.06. The van der Waals surface area contributed by atoms with Crippen LogP contribution in [0.1, 0.15) is 51.7 Å². The lowest BCUT2D eigenvalue weighted by Gasteiger charge is -2.23. The quantitative estimate of drug-likeness (QED) is 0.547. The van der Waals surface area contributed by atoms with Gasteiger partial charge in [-0.1, -0.05) is 30.7 Å². The first-order valence-corrected chi connectivity index (χ1v) is 12.9. The van der Waals surface area contributed by atoms with Crippen molar-refractivity contribution in [2.75, 3.05) is 16.4 Å². The molecular weight excluding hydrogens is 441 g/mol. The van der Waals surface area contributed by atoms with Gasteiger partial charge in [-0.15, -0.1) is 0 Å². The molecule has 4 rings (SSSR count). The fraction of sp³-hybridized carbons (Fsp3) is 0.360. The normalized spacial score (nSPS) is 13.4. The van der Waals surface area contributed by atoms with E-state index in [1.807, 2.05) is 30.8 Å². The third-order valence-corrected chi connectivity index (χ3v) is 7.96. The van der Waals surface area contributed by atoms with Crippen molar-refractivity contribution in [3.05, 3.63) is 81.9 Å². The fourth-order valence-corrected chi connectivity index (χ4v) is 5.68. The smallest absolute Gasteiger partial charge is 0.258 e. The van der Waals surface area contributed by atoms with Crippen molar-refractivity contribution in [1.29, 1.82) is 0 Å². The topological polar surface area (TPSA) is 72.3 Å². The van der Waals surface area contributed by atoms with Gasteiger partial charge in [0.05, 0.1) is 18.5 Å². The number of carbonyl (C=O) groups is 1. The van der Waals surface area contributed by atoms with Gasteiger partial charge < -0.3 is 4.90 Å². The molecule has 2 aromatic carbocycles. The van der Waals surface area contributed by atoms with Crippen LogP contribution < -0.4 is 4.90 Å². The lowest BCUT2D eigenvalue weighted by Crippen LogP contribution is -2.30. The van der Waals surface area contributed by atoms with E-state index < -0.39 is 15.7 Å². The van der Waals surface area contributed by atoms with E-state index in [4.69, 9.17) is 0 Å². The van der Waals surface area contributed by atoms with E-state index in [2.05, 4.69) is 11.2 Å². The van der Waals surface area contributed by atoms with Crippen LogP contribution in [-0.4, -0.2) is 35.6 Å².